The SMILES string of the molecule is C=Cc1cc(C2C(C(=O)Nc3ccc(Cl)c(C(=O)Cc4ccc(F)cc4F)c3)C2(Cl)Cl)ccc1Cl. The first-order chi connectivity index (χ1) is 16.5. The van der Waals surface area contributed by atoms with Crippen LogP contribution >= 0.6 is 46.4 Å². The first-order valence-corrected chi connectivity index (χ1v) is 11.9. The summed E-state index contributed by atoms with van der Waals surface area (Å²) >= 11 is 25.2. The third kappa shape index (κ3) is 5.24. The smallest absolute Gasteiger partial charge is 0.231 e. The number of amides is 1. The molecule has 0 heterocycles. The van der Waals surface area contributed by atoms with Crippen molar-refractivity contribution in [2.24, 2.45) is 5.92 Å². The van der Waals surface area contributed by atoms with Crippen LogP contribution in [0.4, 0.5) is 14.5 Å². The summed E-state index contributed by atoms with van der Waals surface area (Å²) in [6.07, 6.45) is 1.26. The Labute approximate surface area is 220 Å². The fourth-order valence-electron chi connectivity index (χ4n) is 3.95. The van der Waals surface area contributed by atoms with Gasteiger partial charge in [0, 0.05) is 34.7 Å². The van der Waals surface area contributed by atoms with Gasteiger partial charge in [-0.2, -0.15) is 0 Å². The highest BCUT2D eigenvalue weighted by Crippen LogP contribution is 2.65. The van der Waals surface area contributed by atoms with Crippen molar-refractivity contribution >= 4 is 69.9 Å². The third-order valence-electron chi connectivity index (χ3n) is 5.84. The Morgan fingerprint density at radius 1 is 1.00 bits per heavy atom. The fraction of sp³-hybridized carbons (Fsp3) is 0.154. The Hall–Kier alpha value is -2.44. The molecule has 1 saturated carbocycles. The van der Waals surface area contributed by atoms with Crippen molar-refractivity contribution in [3.05, 3.63) is 105 Å². The Bertz CT molecular complexity index is 1360. The van der Waals surface area contributed by atoms with Crippen LogP contribution in [0.2, 0.25) is 10.0 Å². The highest BCUT2D eigenvalue weighted by Gasteiger charge is 2.67. The van der Waals surface area contributed by atoms with Crippen LogP contribution in [-0.4, -0.2) is 16.0 Å². The molecule has 35 heavy (non-hydrogen) atoms. The molecule has 4 rings (SSSR count). The van der Waals surface area contributed by atoms with Crippen LogP contribution in [0.25, 0.3) is 6.08 Å². The molecule has 180 valence electrons. The van der Waals surface area contributed by atoms with Gasteiger partial charge >= 0.3 is 0 Å². The molecular formula is C26H17Cl4F2NO2. The second kappa shape index (κ2) is 9.90. The number of carbonyl (C=O) groups is 2. The molecule has 0 radical (unpaired) electrons. The predicted octanol–water partition coefficient (Wildman–Crippen LogP) is 7.87. The highest BCUT2D eigenvalue weighted by atomic mass is 35.5. The van der Waals surface area contributed by atoms with Crippen molar-refractivity contribution in [1.82, 2.24) is 0 Å². The highest BCUT2D eigenvalue weighted by molar-refractivity contribution is 6.53. The van der Waals surface area contributed by atoms with Crippen LogP contribution in [-0.2, 0) is 11.2 Å². The number of hydrogen-bond acceptors (Lipinski definition) is 2. The van der Waals surface area contributed by atoms with Gasteiger partial charge in [0.05, 0.1) is 10.9 Å². The van der Waals surface area contributed by atoms with Gasteiger partial charge in [0.25, 0.3) is 0 Å². The summed E-state index contributed by atoms with van der Waals surface area (Å²) in [6, 6.07) is 12.5. The number of benzene rings is 3. The number of alkyl halides is 2. The molecular weight excluding hydrogens is 538 g/mol. The van der Waals surface area contributed by atoms with Gasteiger partial charge in [0.15, 0.2) is 5.78 Å². The van der Waals surface area contributed by atoms with Crippen LogP contribution in [0.1, 0.15) is 33.0 Å². The Kier molecular flexibility index (Phi) is 7.26. The van der Waals surface area contributed by atoms with Crippen molar-refractivity contribution in [3.8, 4) is 0 Å². The molecule has 3 aromatic carbocycles. The van der Waals surface area contributed by atoms with E-state index in [-0.39, 0.29) is 22.6 Å². The molecule has 9 heteroatoms. The zero-order chi connectivity index (χ0) is 25.5. The van der Waals surface area contributed by atoms with E-state index in [1.54, 1.807) is 24.3 Å². The summed E-state index contributed by atoms with van der Waals surface area (Å²) in [5, 5.41) is 3.36. The van der Waals surface area contributed by atoms with Crippen LogP contribution in [0.3, 0.4) is 0 Å². The topological polar surface area (TPSA) is 46.2 Å². The molecule has 3 aromatic rings. The third-order valence-corrected chi connectivity index (χ3v) is 7.45. The van der Waals surface area contributed by atoms with Gasteiger partial charge in [-0.05, 0) is 53.1 Å². The minimum absolute atomic E-state index is 0.0265. The number of nitrogens with one attached hydrogen (secondary N) is 1. The second-order valence-electron chi connectivity index (χ2n) is 8.13. The van der Waals surface area contributed by atoms with Gasteiger partial charge in [-0.15, -0.1) is 23.2 Å². The maximum absolute atomic E-state index is 14.0. The number of anilines is 1. The molecule has 2 unspecified atom stereocenters. The molecule has 0 aromatic heterocycles. The Morgan fingerprint density at radius 2 is 1.71 bits per heavy atom. The minimum Gasteiger partial charge on any atom is -0.326 e. The van der Waals surface area contributed by atoms with E-state index in [9.17, 15) is 18.4 Å². The van der Waals surface area contributed by atoms with Gasteiger partial charge in [-0.3, -0.25) is 9.59 Å². The van der Waals surface area contributed by atoms with Gasteiger partial charge in [-0.1, -0.05) is 48.0 Å². The summed E-state index contributed by atoms with van der Waals surface area (Å²) in [5.41, 5.74) is 1.83. The maximum atomic E-state index is 14.0. The van der Waals surface area contributed by atoms with E-state index in [0.717, 1.165) is 11.6 Å². The first-order valence-electron chi connectivity index (χ1n) is 10.4. The average molecular weight is 555 g/mol. The van der Waals surface area contributed by atoms with E-state index in [4.69, 9.17) is 46.4 Å². The number of carbonyl (C=O) groups excluding carboxylic acids is 2. The Morgan fingerprint density at radius 3 is 2.40 bits per heavy atom. The monoisotopic (exact) mass is 553 g/mol. The minimum atomic E-state index is -1.33. The second-order valence-corrected chi connectivity index (χ2v) is 10.4. The van der Waals surface area contributed by atoms with E-state index in [1.807, 2.05) is 0 Å². The maximum Gasteiger partial charge on any atom is 0.231 e. The standard InChI is InChI=1S/C26H17Cl4F2NO2/c1-2-13-9-15(4-7-19(13)27)23-24(26(23,29)30)25(35)33-17-6-8-20(28)18(12-17)22(34)10-14-3-5-16(31)11-21(14)32/h2-9,11-12,23-24H,1,10H2,(H,33,35). The molecule has 3 nitrogen and oxygen atoms in total. The molecule has 0 aliphatic heterocycles. The molecule has 1 amide bonds. The molecule has 1 aliphatic rings. The van der Waals surface area contributed by atoms with Gasteiger partial charge < -0.3 is 5.32 Å². The number of ketones is 1. The normalized spacial score (nSPS) is 18.1. The number of Topliss-reactive ketones (excluding diaryl/α,β-unsaturated/α-hetero) is 1. The van der Waals surface area contributed by atoms with Crippen molar-refractivity contribution in [3.63, 3.8) is 0 Å². The van der Waals surface area contributed by atoms with E-state index in [2.05, 4.69) is 11.9 Å². The summed E-state index contributed by atoms with van der Waals surface area (Å²) in [4.78, 5) is 25.8. The molecule has 1 fully saturated rings. The van der Waals surface area contributed by atoms with Crippen LogP contribution < -0.4 is 5.32 Å². The lowest BCUT2D eigenvalue weighted by atomic mass is 10.0. The lowest BCUT2D eigenvalue weighted by Crippen LogP contribution is -2.17. The number of hydrogen-bond donors (Lipinski definition) is 1. The molecule has 1 aliphatic carbocycles. The zero-order valence-corrected chi connectivity index (χ0v) is 21.0. The van der Waals surface area contributed by atoms with Crippen molar-refractivity contribution in [1.29, 1.82) is 0 Å². The van der Waals surface area contributed by atoms with Crippen LogP contribution in [0.15, 0.2) is 61.2 Å². The van der Waals surface area contributed by atoms with Gasteiger partial charge in [0.1, 0.15) is 16.0 Å². The zero-order valence-electron chi connectivity index (χ0n) is 17.9. The lowest BCUT2D eigenvalue weighted by Gasteiger charge is -2.10. The van der Waals surface area contributed by atoms with Gasteiger partial charge in [-0.25, -0.2) is 8.78 Å². The molecule has 2 atom stereocenters. The number of rotatable bonds is 7. The summed E-state index contributed by atoms with van der Waals surface area (Å²) < 4.78 is 25.8. The first kappa shape index (κ1) is 25.6. The van der Waals surface area contributed by atoms with E-state index in [0.29, 0.717) is 22.3 Å². The summed E-state index contributed by atoms with van der Waals surface area (Å²) in [5.74, 6) is -3.75. The lowest BCUT2D eigenvalue weighted by molar-refractivity contribution is -0.117. The fourth-order valence-corrected chi connectivity index (χ4v) is 5.20. The summed E-state index contributed by atoms with van der Waals surface area (Å²) in [6.45, 7) is 3.72. The van der Waals surface area contributed by atoms with Crippen molar-refractivity contribution < 1.29 is 18.4 Å². The molecule has 1 N–H and O–H groups in total. The van der Waals surface area contributed by atoms with Crippen LogP contribution in [0, 0.1) is 17.6 Å². The van der Waals surface area contributed by atoms with E-state index >= 15 is 0 Å². The quantitative estimate of drug-likeness (QED) is 0.238. The van der Waals surface area contributed by atoms with E-state index < -0.39 is 39.5 Å². The largest absolute Gasteiger partial charge is 0.326 e. The average Bonchev–Trinajstić information content (AvgIpc) is 3.39. The van der Waals surface area contributed by atoms with Crippen molar-refractivity contribution in [2.75, 3.05) is 5.32 Å². The Balaban J connectivity index is 1.52. The summed E-state index contributed by atoms with van der Waals surface area (Å²) in [7, 11) is 0. The van der Waals surface area contributed by atoms with Crippen LogP contribution in [0.5, 0.6) is 0 Å². The molecule has 0 bridgehead atoms. The molecule has 0 saturated heterocycles. The van der Waals surface area contributed by atoms with Crippen molar-refractivity contribution in [2.45, 2.75) is 16.7 Å². The van der Waals surface area contributed by atoms with E-state index in [1.165, 1.54) is 24.3 Å². The predicted molar refractivity (Wildman–Crippen MR) is 137 cm³/mol. The molecule has 0 spiro atoms. The number of halogens is 6. The van der Waals surface area contributed by atoms with Gasteiger partial charge in [0.2, 0.25) is 5.91 Å².